The number of nitrogens with zero attached hydrogens (tertiary/aromatic N) is 2. The summed E-state index contributed by atoms with van der Waals surface area (Å²) in [5.41, 5.74) is 4.59. The second kappa shape index (κ2) is 7.40. The number of aromatic nitrogens is 2. The van der Waals surface area contributed by atoms with Gasteiger partial charge in [-0.3, -0.25) is 19.0 Å². The Labute approximate surface area is 137 Å². The van der Waals surface area contributed by atoms with Crippen LogP contribution in [0.1, 0.15) is 12.5 Å². The Morgan fingerprint density at radius 3 is 2.46 bits per heavy atom. The smallest absolute Gasteiger partial charge is 0.331 e. The van der Waals surface area contributed by atoms with E-state index in [0.717, 1.165) is 10.1 Å². The van der Waals surface area contributed by atoms with Crippen LogP contribution >= 0.6 is 0 Å². The number of amides is 1. The molecule has 0 saturated heterocycles. The first kappa shape index (κ1) is 17.2. The van der Waals surface area contributed by atoms with Crippen LogP contribution in [0.2, 0.25) is 0 Å². The largest absolute Gasteiger partial charge is 0.451 e. The molecule has 1 heterocycles. The highest BCUT2D eigenvalue weighted by Crippen LogP contribution is 1.99. The van der Waals surface area contributed by atoms with Crippen LogP contribution in [0.15, 0.2) is 52.2 Å². The van der Waals surface area contributed by atoms with Crippen LogP contribution in [0, 0.1) is 0 Å². The van der Waals surface area contributed by atoms with Crippen molar-refractivity contribution in [1.82, 2.24) is 9.13 Å². The van der Waals surface area contributed by atoms with Gasteiger partial charge in [0.1, 0.15) is 6.54 Å². The topological polar surface area (TPSA) is 113 Å². The Bertz CT molecular complexity index is 854. The molecule has 0 aliphatic rings. The van der Waals surface area contributed by atoms with Gasteiger partial charge in [0, 0.05) is 12.3 Å². The molecule has 126 valence electrons. The Kier molecular flexibility index (Phi) is 5.31. The fraction of sp³-hybridized carbons (Fsp3) is 0.250. The third-order valence-corrected chi connectivity index (χ3v) is 3.33. The lowest BCUT2D eigenvalue weighted by Gasteiger charge is -2.12. The number of esters is 1. The number of carbonyl (C=O) groups excluding carboxylic acids is 2. The molecule has 0 radical (unpaired) electrons. The van der Waals surface area contributed by atoms with Gasteiger partial charge in [0.2, 0.25) is 0 Å². The highest BCUT2D eigenvalue weighted by atomic mass is 16.5. The molecule has 2 rings (SSSR count). The average molecular weight is 331 g/mol. The van der Waals surface area contributed by atoms with E-state index in [9.17, 15) is 19.2 Å². The van der Waals surface area contributed by atoms with Gasteiger partial charge in [0.05, 0.1) is 6.54 Å². The van der Waals surface area contributed by atoms with E-state index in [2.05, 4.69) is 0 Å². The summed E-state index contributed by atoms with van der Waals surface area (Å²) in [4.78, 5) is 46.9. The molecule has 0 saturated carbocycles. The Morgan fingerprint density at radius 1 is 1.17 bits per heavy atom. The average Bonchev–Trinajstić information content (AvgIpc) is 2.55. The number of rotatable bonds is 6. The molecule has 1 aromatic carbocycles. The summed E-state index contributed by atoms with van der Waals surface area (Å²) in [6.45, 7) is 0.972. The fourth-order valence-corrected chi connectivity index (χ4v) is 2.02. The molecular formula is C16H17N3O5. The lowest BCUT2D eigenvalue weighted by Crippen LogP contribution is -2.42. The predicted molar refractivity (Wildman–Crippen MR) is 85.3 cm³/mol. The second-order valence-electron chi connectivity index (χ2n) is 5.17. The number of hydrogen-bond acceptors (Lipinski definition) is 5. The molecule has 1 aromatic heterocycles. The van der Waals surface area contributed by atoms with Gasteiger partial charge in [0.15, 0.2) is 6.10 Å². The maximum Gasteiger partial charge on any atom is 0.331 e. The number of primary amides is 1. The van der Waals surface area contributed by atoms with Crippen molar-refractivity contribution in [3.8, 4) is 0 Å². The van der Waals surface area contributed by atoms with Gasteiger partial charge in [-0.15, -0.1) is 0 Å². The molecule has 24 heavy (non-hydrogen) atoms. The molecular weight excluding hydrogens is 314 g/mol. The minimum absolute atomic E-state index is 0.257. The van der Waals surface area contributed by atoms with E-state index >= 15 is 0 Å². The van der Waals surface area contributed by atoms with Crippen LogP contribution in [0.25, 0.3) is 0 Å². The SMILES string of the molecule is C[C@@H](OC(=O)Cn1c(=O)ccn(Cc2ccccc2)c1=O)C(N)=O. The molecule has 0 bridgehead atoms. The minimum Gasteiger partial charge on any atom is -0.451 e. The summed E-state index contributed by atoms with van der Waals surface area (Å²) in [6, 6.07) is 10.4. The molecule has 1 amide bonds. The summed E-state index contributed by atoms with van der Waals surface area (Å²) in [5, 5.41) is 0. The van der Waals surface area contributed by atoms with Gasteiger partial charge in [0.25, 0.3) is 11.5 Å². The fourth-order valence-electron chi connectivity index (χ4n) is 2.02. The van der Waals surface area contributed by atoms with E-state index in [1.807, 2.05) is 30.3 Å². The third-order valence-electron chi connectivity index (χ3n) is 3.33. The van der Waals surface area contributed by atoms with E-state index in [0.29, 0.717) is 0 Å². The van der Waals surface area contributed by atoms with E-state index in [4.69, 9.17) is 10.5 Å². The standard InChI is InChI=1S/C16H17N3O5/c1-11(15(17)22)24-14(21)10-19-13(20)7-8-18(16(19)23)9-12-5-3-2-4-6-12/h2-8,11H,9-10H2,1H3,(H2,17,22)/t11-/m1/s1. The number of ether oxygens (including phenoxy) is 1. The van der Waals surface area contributed by atoms with E-state index < -0.39 is 35.8 Å². The molecule has 2 N–H and O–H groups in total. The number of benzene rings is 1. The minimum atomic E-state index is -1.14. The Morgan fingerprint density at radius 2 is 1.83 bits per heavy atom. The number of hydrogen-bond donors (Lipinski definition) is 1. The molecule has 8 nitrogen and oxygen atoms in total. The summed E-state index contributed by atoms with van der Waals surface area (Å²) in [6.07, 6.45) is 0.231. The Balaban J connectivity index is 2.23. The first-order valence-electron chi connectivity index (χ1n) is 7.21. The predicted octanol–water partition coefficient (Wildman–Crippen LogP) is -0.525. The van der Waals surface area contributed by atoms with Crippen molar-refractivity contribution in [2.24, 2.45) is 5.73 Å². The second-order valence-corrected chi connectivity index (χ2v) is 5.17. The molecule has 1 atom stereocenters. The van der Waals surface area contributed by atoms with Crippen molar-refractivity contribution in [3.05, 3.63) is 69.0 Å². The maximum atomic E-state index is 12.4. The zero-order chi connectivity index (χ0) is 17.7. The van der Waals surface area contributed by atoms with Crippen molar-refractivity contribution >= 4 is 11.9 Å². The van der Waals surface area contributed by atoms with Crippen molar-refractivity contribution in [2.45, 2.75) is 26.1 Å². The first-order chi connectivity index (χ1) is 11.4. The molecule has 0 aliphatic heterocycles. The number of nitrogens with two attached hydrogens (primary N) is 1. The van der Waals surface area contributed by atoms with Gasteiger partial charge in [-0.05, 0) is 12.5 Å². The van der Waals surface area contributed by atoms with Crippen LogP contribution in [-0.2, 0) is 27.4 Å². The van der Waals surface area contributed by atoms with Gasteiger partial charge in [-0.25, -0.2) is 9.36 Å². The number of carbonyl (C=O) groups is 2. The maximum absolute atomic E-state index is 12.4. The summed E-state index contributed by atoms with van der Waals surface area (Å²) in [5.74, 6) is -1.71. The van der Waals surface area contributed by atoms with Gasteiger partial charge in [-0.2, -0.15) is 0 Å². The molecule has 8 heteroatoms. The normalized spacial score (nSPS) is 11.7. The van der Waals surface area contributed by atoms with Gasteiger partial charge >= 0.3 is 11.7 Å². The highest BCUT2D eigenvalue weighted by Gasteiger charge is 2.17. The van der Waals surface area contributed by atoms with E-state index in [1.165, 1.54) is 23.8 Å². The van der Waals surface area contributed by atoms with Gasteiger partial charge in [-0.1, -0.05) is 30.3 Å². The summed E-state index contributed by atoms with van der Waals surface area (Å²) < 4.78 is 6.82. The van der Waals surface area contributed by atoms with Crippen LogP contribution in [0.3, 0.4) is 0 Å². The monoisotopic (exact) mass is 331 g/mol. The first-order valence-corrected chi connectivity index (χ1v) is 7.21. The summed E-state index contributed by atoms with van der Waals surface area (Å²) in [7, 11) is 0. The molecule has 2 aromatic rings. The quantitative estimate of drug-likeness (QED) is 0.715. The summed E-state index contributed by atoms with van der Waals surface area (Å²) >= 11 is 0. The third kappa shape index (κ3) is 4.19. The van der Waals surface area contributed by atoms with Crippen molar-refractivity contribution < 1.29 is 14.3 Å². The van der Waals surface area contributed by atoms with Crippen molar-refractivity contribution in [1.29, 1.82) is 0 Å². The van der Waals surface area contributed by atoms with Crippen molar-refractivity contribution in [2.75, 3.05) is 0 Å². The van der Waals surface area contributed by atoms with E-state index in [-0.39, 0.29) is 6.54 Å². The zero-order valence-corrected chi connectivity index (χ0v) is 13.0. The van der Waals surface area contributed by atoms with Crippen LogP contribution < -0.4 is 17.0 Å². The lowest BCUT2D eigenvalue weighted by atomic mass is 10.2. The van der Waals surface area contributed by atoms with Gasteiger partial charge < -0.3 is 10.5 Å². The molecule has 0 fully saturated rings. The van der Waals surface area contributed by atoms with E-state index in [1.54, 1.807) is 0 Å². The Hall–Kier alpha value is -3.16. The van der Waals surface area contributed by atoms with Crippen LogP contribution in [0.4, 0.5) is 0 Å². The van der Waals surface area contributed by atoms with Crippen molar-refractivity contribution in [3.63, 3.8) is 0 Å². The molecule has 0 unspecified atom stereocenters. The molecule has 0 spiro atoms. The highest BCUT2D eigenvalue weighted by molar-refractivity contribution is 5.81. The zero-order valence-electron chi connectivity index (χ0n) is 13.0. The lowest BCUT2D eigenvalue weighted by molar-refractivity contribution is -0.154. The molecule has 0 aliphatic carbocycles. The van der Waals surface area contributed by atoms with Crippen LogP contribution in [0.5, 0.6) is 0 Å². The van der Waals surface area contributed by atoms with Crippen LogP contribution in [-0.4, -0.2) is 27.1 Å².